The average molecular weight is 247 g/mol. The lowest BCUT2D eigenvalue weighted by atomic mass is 10.2. The zero-order valence-corrected chi connectivity index (χ0v) is 10.2. The van der Waals surface area contributed by atoms with Crippen LogP contribution in [0, 0.1) is 30.0 Å². The molecule has 90 valence electrons. The zero-order valence-electron chi connectivity index (χ0n) is 9.42. The van der Waals surface area contributed by atoms with E-state index in [4.69, 9.17) is 11.0 Å². The van der Waals surface area contributed by atoms with E-state index in [0.29, 0.717) is 0 Å². The van der Waals surface area contributed by atoms with Crippen molar-refractivity contribution in [3.63, 3.8) is 0 Å². The normalized spacial score (nSPS) is 7.75. The molecule has 0 fully saturated rings. The summed E-state index contributed by atoms with van der Waals surface area (Å²) in [7, 11) is 0. The van der Waals surface area contributed by atoms with Crippen LogP contribution in [0.5, 0.6) is 0 Å². The quantitative estimate of drug-likeness (QED) is 0.419. The molecule has 16 heavy (non-hydrogen) atoms. The summed E-state index contributed by atoms with van der Waals surface area (Å²) in [5, 5.41) is 7.10. The first-order valence-electron chi connectivity index (χ1n) is 4.15. The van der Waals surface area contributed by atoms with Crippen LogP contribution in [0.25, 0.3) is 0 Å². The Balaban J connectivity index is 0. The van der Waals surface area contributed by atoms with Crippen molar-refractivity contribution in [2.24, 2.45) is 5.73 Å². The van der Waals surface area contributed by atoms with E-state index in [9.17, 15) is 8.78 Å². The molecule has 0 radical (unpaired) electrons. The van der Waals surface area contributed by atoms with Crippen LogP contribution in [0.1, 0.15) is 5.56 Å². The van der Waals surface area contributed by atoms with Gasteiger partial charge in [-0.1, -0.05) is 0 Å². The number of thioether (sulfide) groups is 1. The number of nitrogens with two attached hydrogens (primary N) is 2. The van der Waals surface area contributed by atoms with Gasteiger partial charge in [-0.15, -0.1) is 0 Å². The van der Waals surface area contributed by atoms with Gasteiger partial charge >= 0.3 is 0 Å². The number of benzene rings is 1. The van der Waals surface area contributed by atoms with E-state index in [1.165, 1.54) is 13.1 Å². The summed E-state index contributed by atoms with van der Waals surface area (Å²) in [4.78, 5) is 0. The number of halogens is 2. The summed E-state index contributed by atoms with van der Waals surface area (Å²) in [5.74, 6) is -1.20. The van der Waals surface area contributed by atoms with Crippen LogP contribution in [0.15, 0.2) is 12.1 Å². The molecule has 0 aromatic heterocycles. The Kier molecular flexibility index (Phi) is 10.6. The average Bonchev–Trinajstić information content (AvgIpc) is 2.16. The number of nitriles is 1. The van der Waals surface area contributed by atoms with Crippen LogP contribution in [-0.4, -0.2) is 12.5 Å². The van der Waals surface area contributed by atoms with Crippen molar-refractivity contribution in [3.05, 3.63) is 29.3 Å². The topological polar surface area (TPSA) is 75.8 Å². The molecule has 0 heterocycles. The first-order chi connectivity index (χ1) is 7.44. The van der Waals surface area contributed by atoms with Crippen LogP contribution in [-0.2, 0) is 0 Å². The molecule has 0 aliphatic rings. The number of nitrogens with zero attached hydrogens (tertiary/aromatic N) is 1. The molecule has 0 spiro atoms. The molecular weight excluding hydrogens is 232 g/mol. The smallest absolute Gasteiger partial charge is 0.173 e. The van der Waals surface area contributed by atoms with Crippen molar-refractivity contribution >= 4 is 17.4 Å². The number of nitrogen functional groups attached to an aromatic ring is 1. The van der Waals surface area contributed by atoms with Gasteiger partial charge in [-0.25, -0.2) is 8.78 Å². The van der Waals surface area contributed by atoms with Crippen molar-refractivity contribution in [1.82, 2.24) is 0 Å². The highest BCUT2D eigenvalue weighted by molar-refractivity contribution is 7.97. The van der Waals surface area contributed by atoms with Crippen molar-refractivity contribution in [1.29, 1.82) is 5.26 Å². The Morgan fingerprint density at radius 3 is 1.75 bits per heavy atom. The SMILES string of the molecule is CSC.Cc1c(F)cc(N)cc1F.N#CN. The Morgan fingerprint density at radius 1 is 1.25 bits per heavy atom. The highest BCUT2D eigenvalue weighted by atomic mass is 32.2. The van der Waals surface area contributed by atoms with E-state index in [2.05, 4.69) is 5.73 Å². The van der Waals surface area contributed by atoms with Crippen LogP contribution in [0.3, 0.4) is 0 Å². The van der Waals surface area contributed by atoms with Crippen LogP contribution >= 0.6 is 11.8 Å². The predicted molar refractivity (Wildman–Crippen MR) is 64.7 cm³/mol. The van der Waals surface area contributed by atoms with Gasteiger partial charge in [-0.3, -0.25) is 0 Å². The molecule has 0 saturated heterocycles. The molecule has 0 bridgehead atoms. The van der Waals surface area contributed by atoms with Crippen LogP contribution in [0.4, 0.5) is 14.5 Å². The molecule has 0 saturated carbocycles. The first-order valence-corrected chi connectivity index (χ1v) is 5.78. The van der Waals surface area contributed by atoms with Gasteiger partial charge in [-0.05, 0) is 31.6 Å². The summed E-state index contributed by atoms with van der Waals surface area (Å²) in [6, 6.07) is 2.19. The summed E-state index contributed by atoms with van der Waals surface area (Å²) in [6.07, 6.45) is 5.33. The van der Waals surface area contributed by atoms with Crippen molar-refractivity contribution < 1.29 is 8.78 Å². The second-order valence-electron chi connectivity index (χ2n) is 2.65. The lowest BCUT2D eigenvalue weighted by Gasteiger charge is -1.98. The van der Waals surface area contributed by atoms with Crippen LogP contribution in [0.2, 0.25) is 0 Å². The van der Waals surface area contributed by atoms with E-state index in [0.717, 1.165) is 12.1 Å². The molecule has 0 unspecified atom stereocenters. The molecular formula is C10H15F2N3S. The Bertz CT molecular complexity index is 327. The highest BCUT2D eigenvalue weighted by Gasteiger charge is 2.03. The van der Waals surface area contributed by atoms with Gasteiger partial charge in [0.05, 0.1) is 0 Å². The first kappa shape index (κ1) is 16.9. The Hall–Kier alpha value is -1.48. The molecule has 0 atom stereocenters. The maximum Gasteiger partial charge on any atom is 0.173 e. The Morgan fingerprint density at radius 2 is 1.50 bits per heavy atom. The van der Waals surface area contributed by atoms with E-state index in [1.54, 1.807) is 11.8 Å². The minimum atomic E-state index is -0.600. The number of rotatable bonds is 0. The zero-order chi connectivity index (χ0) is 13.1. The maximum atomic E-state index is 12.5. The standard InChI is InChI=1S/C7H7F2N.C2H6S.CH2N2/c1-4-6(8)2-5(10)3-7(4)9;1-3-2;2-1-3/h2-3H,10H2,1H3;1-2H3;2H2. The third-order valence-corrected chi connectivity index (χ3v) is 1.30. The molecule has 6 heteroatoms. The van der Waals surface area contributed by atoms with Crippen molar-refractivity contribution in [2.75, 3.05) is 18.2 Å². The van der Waals surface area contributed by atoms with Gasteiger partial charge in [-0.2, -0.15) is 17.0 Å². The van der Waals surface area contributed by atoms with Gasteiger partial charge in [0.2, 0.25) is 0 Å². The third kappa shape index (κ3) is 7.88. The molecule has 1 aromatic carbocycles. The van der Waals surface area contributed by atoms with Crippen molar-refractivity contribution in [2.45, 2.75) is 6.92 Å². The van der Waals surface area contributed by atoms with E-state index in [1.807, 2.05) is 12.5 Å². The fraction of sp³-hybridized carbons (Fsp3) is 0.300. The molecule has 0 aliphatic carbocycles. The summed E-state index contributed by atoms with van der Waals surface area (Å²) >= 11 is 1.75. The van der Waals surface area contributed by atoms with E-state index >= 15 is 0 Å². The molecule has 0 amide bonds. The summed E-state index contributed by atoms with van der Waals surface area (Å²) in [5.41, 5.74) is 9.42. The third-order valence-electron chi connectivity index (χ3n) is 1.30. The fourth-order valence-electron chi connectivity index (χ4n) is 0.665. The second-order valence-corrected chi connectivity index (χ2v) is 3.46. The monoisotopic (exact) mass is 247 g/mol. The van der Waals surface area contributed by atoms with Gasteiger partial charge in [0.25, 0.3) is 0 Å². The Labute approximate surface area is 98.4 Å². The van der Waals surface area contributed by atoms with Gasteiger partial charge in [0, 0.05) is 11.3 Å². The fourth-order valence-corrected chi connectivity index (χ4v) is 0.665. The maximum absolute atomic E-state index is 12.5. The summed E-state index contributed by atoms with van der Waals surface area (Å²) in [6.45, 7) is 1.37. The minimum absolute atomic E-state index is 0.00852. The highest BCUT2D eigenvalue weighted by Crippen LogP contribution is 2.14. The number of hydrogen-bond acceptors (Lipinski definition) is 4. The molecule has 4 N–H and O–H groups in total. The van der Waals surface area contributed by atoms with E-state index < -0.39 is 11.6 Å². The van der Waals surface area contributed by atoms with E-state index in [-0.39, 0.29) is 11.3 Å². The predicted octanol–water partition coefficient (Wildman–Crippen LogP) is 2.26. The van der Waals surface area contributed by atoms with Crippen molar-refractivity contribution in [3.8, 4) is 6.19 Å². The van der Waals surface area contributed by atoms with Gasteiger partial charge < -0.3 is 11.5 Å². The second kappa shape index (κ2) is 10.1. The minimum Gasteiger partial charge on any atom is -0.399 e. The van der Waals surface area contributed by atoms with Crippen LogP contribution < -0.4 is 11.5 Å². The molecule has 1 rings (SSSR count). The molecule has 3 nitrogen and oxygen atoms in total. The number of hydrogen-bond donors (Lipinski definition) is 2. The largest absolute Gasteiger partial charge is 0.399 e. The lowest BCUT2D eigenvalue weighted by Crippen LogP contribution is -1.92. The number of anilines is 1. The molecule has 0 aliphatic heterocycles. The summed E-state index contributed by atoms with van der Waals surface area (Å²) < 4.78 is 25.0. The van der Waals surface area contributed by atoms with Gasteiger partial charge in [0.15, 0.2) is 6.19 Å². The van der Waals surface area contributed by atoms with Gasteiger partial charge in [0.1, 0.15) is 11.6 Å². The molecule has 1 aromatic rings. The lowest BCUT2D eigenvalue weighted by molar-refractivity contribution is 0.569.